The zero-order chi connectivity index (χ0) is 32.2. The van der Waals surface area contributed by atoms with Crippen LogP contribution in [-0.2, 0) is 33.1 Å². The minimum Gasteiger partial charge on any atom is -0.366 e. The van der Waals surface area contributed by atoms with Crippen LogP contribution in [0.25, 0.3) is 0 Å². The van der Waals surface area contributed by atoms with Gasteiger partial charge in [-0.05, 0) is 59.7 Å². The molecule has 1 heterocycles. The van der Waals surface area contributed by atoms with Gasteiger partial charge in [0.15, 0.2) is 0 Å². The molecule has 2 atom stereocenters. The number of rotatable bonds is 12. The zero-order valence-electron chi connectivity index (χ0n) is 24.6. The fraction of sp³-hybridized carbons (Fsp3) is 0.188. The van der Waals surface area contributed by atoms with E-state index in [4.69, 9.17) is 11.5 Å². The van der Waals surface area contributed by atoms with E-state index in [1.807, 2.05) is 12.1 Å². The van der Waals surface area contributed by atoms with Crippen LogP contribution in [0, 0.1) is 0 Å². The highest BCUT2D eigenvalue weighted by Crippen LogP contribution is 2.31. The molecule has 46 heavy (non-hydrogen) atoms. The number of nitrogens with one attached hydrogen (secondary N) is 1. The number of benzene rings is 4. The summed E-state index contributed by atoms with van der Waals surface area (Å²) in [5, 5.41) is 3.22. The molecule has 1 fully saturated rings. The van der Waals surface area contributed by atoms with Gasteiger partial charge in [-0.25, -0.2) is 16.8 Å². The molecular formula is C32H34ClN5O6S2. The van der Waals surface area contributed by atoms with Crippen molar-refractivity contribution in [2.75, 3.05) is 13.1 Å². The number of nitrogens with zero attached hydrogens (tertiary/aromatic N) is 2. The molecular weight excluding hydrogens is 650 g/mol. The van der Waals surface area contributed by atoms with Crippen LogP contribution in [0.5, 0.6) is 0 Å². The van der Waals surface area contributed by atoms with Crippen LogP contribution in [0.1, 0.15) is 31.8 Å². The van der Waals surface area contributed by atoms with E-state index < -0.39 is 43.9 Å². The Kier molecular flexibility index (Phi) is 11.0. The van der Waals surface area contributed by atoms with E-state index in [1.165, 1.54) is 57.1 Å². The Hall–Kier alpha value is -4.11. The molecule has 1 aliphatic rings. The van der Waals surface area contributed by atoms with Crippen LogP contribution < -0.4 is 16.8 Å². The van der Waals surface area contributed by atoms with Gasteiger partial charge in [-0.1, -0.05) is 60.7 Å². The Morgan fingerprint density at radius 3 is 1.22 bits per heavy atom. The van der Waals surface area contributed by atoms with Gasteiger partial charge in [0.2, 0.25) is 31.9 Å². The number of nitrogens with two attached hydrogens (primary N) is 2. The molecule has 14 heteroatoms. The fourth-order valence-electron chi connectivity index (χ4n) is 5.38. The van der Waals surface area contributed by atoms with E-state index >= 15 is 0 Å². The lowest BCUT2D eigenvalue weighted by molar-refractivity contribution is 0.0992. The summed E-state index contributed by atoms with van der Waals surface area (Å²) in [4.78, 5) is 23.2. The molecule has 0 radical (unpaired) electrons. The second kappa shape index (κ2) is 14.5. The molecule has 0 bridgehead atoms. The maximum Gasteiger partial charge on any atom is 0.248 e. The highest BCUT2D eigenvalue weighted by molar-refractivity contribution is 7.89. The Balaban J connectivity index is 0.00000480. The molecule has 0 aromatic heterocycles. The van der Waals surface area contributed by atoms with Gasteiger partial charge in [0.25, 0.3) is 0 Å². The lowest BCUT2D eigenvalue weighted by Gasteiger charge is -2.37. The molecule has 4 aromatic rings. The number of halogens is 1. The number of hydrogen-bond donors (Lipinski definition) is 3. The first kappa shape index (κ1) is 34.8. The highest BCUT2D eigenvalue weighted by atomic mass is 35.5. The average Bonchev–Trinajstić information content (AvgIpc) is 3.52. The number of sulfonamides is 2. The third kappa shape index (κ3) is 7.47. The Morgan fingerprint density at radius 2 is 0.913 bits per heavy atom. The largest absolute Gasteiger partial charge is 0.366 e. The van der Waals surface area contributed by atoms with Crippen molar-refractivity contribution in [3.05, 3.63) is 131 Å². The monoisotopic (exact) mass is 683 g/mol. The number of carbonyl (C=O) groups is 2. The summed E-state index contributed by atoms with van der Waals surface area (Å²) in [6, 6.07) is 27.1. The maximum atomic E-state index is 14.3. The van der Waals surface area contributed by atoms with E-state index in [9.17, 15) is 26.4 Å². The summed E-state index contributed by atoms with van der Waals surface area (Å²) in [6.07, 6.45) is 0. The Labute approximate surface area is 274 Å². The summed E-state index contributed by atoms with van der Waals surface area (Å²) in [5.41, 5.74) is 12.5. The minimum atomic E-state index is -4.22. The van der Waals surface area contributed by atoms with E-state index in [1.54, 1.807) is 48.5 Å². The van der Waals surface area contributed by atoms with Crippen LogP contribution in [0.3, 0.4) is 0 Å². The van der Waals surface area contributed by atoms with Gasteiger partial charge in [0.1, 0.15) is 0 Å². The fourth-order valence-corrected chi connectivity index (χ4v) is 8.66. The molecule has 5 N–H and O–H groups in total. The predicted octanol–water partition coefficient (Wildman–Crippen LogP) is 2.73. The van der Waals surface area contributed by atoms with Crippen molar-refractivity contribution < 1.29 is 26.4 Å². The minimum absolute atomic E-state index is 0. The molecule has 1 saturated heterocycles. The first-order valence-electron chi connectivity index (χ1n) is 14.1. The van der Waals surface area contributed by atoms with Gasteiger partial charge >= 0.3 is 0 Å². The van der Waals surface area contributed by atoms with Crippen molar-refractivity contribution >= 4 is 44.3 Å². The highest BCUT2D eigenvalue weighted by Gasteiger charge is 2.45. The molecule has 11 nitrogen and oxygen atoms in total. The van der Waals surface area contributed by atoms with Gasteiger partial charge in [-0.3, -0.25) is 9.59 Å². The zero-order valence-corrected chi connectivity index (χ0v) is 27.0. The molecule has 242 valence electrons. The van der Waals surface area contributed by atoms with E-state index in [-0.39, 0.29) is 59.5 Å². The van der Waals surface area contributed by atoms with Gasteiger partial charge in [0, 0.05) is 37.3 Å². The van der Waals surface area contributed by atoms with Gasteiger partial charge in [-0.15, -0.1) is 12.4 Å². The van der Waals surface area contributed by atoms with E-state index in [0.717, 1.165) is 0 Å². The van der Waals surface area contributed by atoms with Crippen molar-refractivity contribution in [2.24, 2.45) is 11.5 Å². The first-order valence-corrected chi connectivity index (χ1v) is 17.0. The van der Waals surface area contributed by atoms with Crippen molar-refractivity contribution in [3.63, 3.8) is 0 Å². The molecule has 4 aromatic carbocycles. The van der Waals surface area contributed by atoms with E-state index in [2.05, 4.69) is 5.32 Å². The summed E-state index contributed by atoms with van der Waals surface area (Å²) in [7, 11) is -8.44. The van der Waals surface area contributed by atoms with Crippen molar-refractivity contribution in [1.29, 1.82) is 0 Å². The summed E-state index contributed by atoms with van der Waals surface area (Å²) < 4.78 is 59.9. The Morgan fingerprint density at radius 1 is 0.587 bits per heavy atom. The van der Waals surface area contributed by atoms with Crippen molar-refractivity contribution in [3.8, 4) is 0 Å². The third-order valence-corrected chi connectivity index (χ3v) is 11.5. The molecule has 0 unspecified atom stereocenters. The topological polar surface area (TPSA) is 173 Å². The molecule has 0 aliphatic carbocycles. The van der Waals surface area contributed by atoms with Gasteiger partial charge < -0.3 is 16.8 Å². The number of hydrogen-bond acceptors (Lipinski definition) is 7. The second-order valence-corrected chi connectivity index (χ2v) is 14.4. The van der Waals surface area contributed by atoms with Crippen LogP contribution in [0.15, 0.2) is 119 Å². The average molecular weight is 684 g/mol. The lowest BCUT2D eigenvalue weighted by atomic mass is 10.1. The number of carbonyl (C=O) groups excluding carboxylic acids is 2. The molecule has 0 saturated carbocycles. The third-order valence-electron chi connectivity index (χ3n) is 7.74. The van der Waals surface area contributed by atoms with Crippen LogP contribution >= 0.6 is 12.4 Å². The SMILES string of the molecule is Cl.NC(=O)c1ccc(S(=O)(=O)N(Cc2ccccc2)[C@H]2CNC[C@@H]2N(Cc2ccccc2)S(=O)(=O)c2ccc(C(N)=O)cc2)cc1. The number of amides is 2. The van der Waals surface area contributed by atoms with Gasteiger partial charge in [-0.2, -0.15) is 8.61 Å². The second-order valence-electron chi connectivity index (χ2n) is 10.6. The van der Waals surface area contributed by atoms with Crippen molar-refractivity contribution in [1.82, 2.24) is 13.9 Å². The summed E-state index contributed by atoms with van der Waals surface area (Å²) >= 11 is 0. The molecule has 1 aliphatic heterocycles. The maximum absolute atomic E-state index is 14.3. The molecule has 2 amide bonds. The normalized spacial score (nSPS) is 16.7. The van der Waals surface area contributed by atoms with Crippen LogP contribution in [-0.4, -0.2) is 62.4 Å². The van der Waals surface area contributed by atoms with Crippen LogP contribution in [0.4, 0.5) is 0 Å². The quantitative estimate of drug-likeness (QED) is 0.206. The Bertz CT molecular complexity index is 1740. The lowest BCUT2D eigenvalue weighted by Crippen LogP contribution is -2.54. The van der Waals surface area contributed by atoms with Crippen molar-refractivity contribution in [2.45, 2.75) is 35.0 Å². The standard InChI is InChI=1S/C32H33N5O6S2.ClH/c33-31(38)25-11-15-27(16-12-25)44(40,41)36(21-23-7-3-1-4-8-23)29-19-35-20-30(29)37(22-24-9-5-2-6-10-24)45(42,43)28-17-13-26(14-18-28)32(34)39;/h1-18,29-30,35H,19-22H2,(H2,33,38)(H2,34,39);1H/t29-,30-;/m0./s1. The molecule has 5 rings (SSSR count). The summed E-state index contributed by atoms with van der Waals surface area (Å²) in [5.74, 6) is -1.38. The van der Waals surface area contributed by atoms with Gasteiger partial charge in [0.05, 0.1) is 21.9 Å². The number of primary amides is 2. The smallest absolute Gasteiger partial charge is 0.248 e. The first-order chi connectivity index (χ1) is 21.5. The predicted molar refractivity (Wildman–Crippen MR) is 176 cm³/mol. The summed E-state index contributed by atoms with van der Waals surface area (Å²) in [6.45, 7) is 0.293. The molecule has 0 spiro atoms. The van der Waals surface area contributed by atoms with E-state index in [0.29, 0.717) is 11.1 Å². The van der Waals surface area contributed by atoms with Crippen LogP contribution in [0.2, 0.25) is 0 Å².